The lowest BCUT2D eigenvalue weighted by Crippen LogP contribution is -2.48. The summed E-state index contributed by atoms with van der Waals surface area (Å²) in [5.41, 5.74) is 4.37. The van der Waals surface area contributed by atoms with Crippen LogP contribution in [0.2, 0.25) is 0 Å². The third kappa shape index (κ3) is 6.26. The largest absolute Gasteiger partial charge is 0.457 e. The van der Waals surface area contributed by atoms with Gasteiger partial charge in [-0.3, -0.25) is 14.4 Å². The molecular formula is C35H38N6O6. The van der Waals surface area contributed by atoms with Crippen LogP contribution in [0.25, 0.3) is 11.0 Å². The van der Waals surface area contributed by atoms with Gasteiger partial charge in [-0.2, -0.15) is 0 Å². The lowest BCUT2D eigenvalue weighted by Gasteiger charge is -2.27. The highest BCUT2D eigenvalue weighted by Gasteiger charge is 2.38. The van der Waals surface area contributed by atoms with Crippen molar-refractivity contribution >= 4 is 34.7 Å². The number of nitrogens with zero attached hydrogens (tertiary/aromatic N) is 5. The van der Waals surface area contributed by atoms with E-state index in [0.717, 1.165) is 41.2 Å². The van der Waals surface area contributed by atoms with Gasteiger partial charge in [0.1, 0.15) is 11.5 Å². The van der Waals surface area contributed by atoms with Gasteiger partial charge in [-0.25, -0.2) is 4.98 Å². The Bertz CT molecular complexity index is 1850. The Morgan fingerprint density at radius 1 is 0.979 bits per heavy atom. The van der Waals surface area contributed by atoms with Gasteiger partial charge < -0.3 is 38.8 Å². The van der Waals surface area contributed by atoms with Crippen molar-refractivity contribution in [3.63, 3.8) is 0 Å². The van der Waals surface area contributed by atoms with Crippen LogP contribution < -0.4 is 15.0 Å². The molecule has 3 aromatic carbocycles. The van der Waals surface area contributed by atoms with Crippen LogP contribution in [0.15, 0.2) is 60.7 Å². The molecule has 0 saturated carbocycles. The van der Waals surface area contributed by atoms with Gasteiger partial charge in [-0.05, 0) is 60.5 Å². The minimum atomic E-state index is -0.472. The van der Waals surface area contributed by atoms with Gasteiger partial charge in [0.15, 0.2) is 0 Å². The molecule has 3 amide bonds. The Morgan fingerprint density at radius 2 is 1.81 bits per heavy atom. The summed E-state index contributed by atoms with van der Waals surface area (Å²) >= 11 is 0. The molecule has 4 aromatic rings. The van der Waals surface area contributed by atoms with Gasteiger partial charge in [0.05, 0.1) is 49.5 Å². The molecule has 12 nitrogen and oxygen atoms in total. The summed E-state index contributed by atoms with van der Waals surface area (Å²) in [6.45, 7) is 5.41. The van der Waals surface area contributed by atoms with Crippen LogP contribution in [0.4, 0.5) is 5.95 Å². The van der Waals surface area contributed by atoms with E-state index in [1.807, 2.05) is 67.1 Å². The van der Waals surface area contributed by atoms with Crippen molar-refractivity contribution in [3.05, 3.63) is 82.9 Å². The molecule has 0 unspecified atom stereocenters. The third-order valence-corrected chi connectivity index (χ3v) is 9.05. The molecule has 7 rings (SSSR count). The topological polar surface area (TPSA) is 118 Å². The number of benzene rings is 3. The number of aromatic nitrogens is 2. The first-order chi connectivity index (χ1) is 22.7. The normalized spacial score (nSPS) is 20.6. The molecule has 3 aliphatic rings. The first-order valence-electron chi connectivity index (χ1n) is 15.9. The van der Waals surface area contributed by atoms with Crippen molar-refractivity contribution in [3.8, 4) is 11.5 Å². The van der Waals surface area contributed by atoms with Crippen LogP contribution >= 0.6 is 0 Å². The maximum absolute atomic E-state index is 13.9. The number of rotatable bonds is 2. The molecule has 47 heavy (non-hydrogen) atoms. The number of imidazole rings is 1. The number of likely N-dealkylation sites (tertiary alicyclic amines) is 1. The number of nitrogens with one attached hydrogen (secondary N) is 1. The fourth-order valence-electron chi connectivity index (χ4n) is 6.43. The van der Waals surface area contributed by atoms with Crippen molar-refractivity contribution in [2.45, 2.75) is 25.7 Å². The molecule has 0 radical (unpaired) electrons. The number of likely N-dealkylation sites (N-methyl/N-ethyl adjacent to an activating group) is 1. The monoisotopic (exact) mass is 638 g/mol. The third-order valence-electron chi connectivity index (χ3n) is 9.05. The quantitative estimate of drug-likeness (QED) is 0.356. The Labute approximate surface area is 272 Å². The maximum Gasteiger partial charge on any atom is 0.254 e. The molecule has 0 aliphatic carbocycles. The second-order valence-corrected chi connectivity index (χ2v) is 12.4. The van der Waals surface area contributed by atoms with E-state index in [1.165, 1.54) is 4.90 Å². The smallest absolute Gasteiger partial charge is 0.254 e. The fourth-order valence-corrected chi connectivity index (χ4v) is 6.43. The van der Waals surface area contributed by atoms with Gasteiger partial charge >= 0.3 is 0 Å². The summed E-state index contributed by atoms with van der Waals surface area (Å²) in [4.78, 5) is 50.5. The highest BCUT2D eigenvalue weighted by atomic mass is 16.5. The van der Waals surface area contributed by atoms with Gasteiger partial charge in [0.2, 0.25) is 11.9 Å². The molecule has 1 N–H and O–H groups in total. The highest BCUT2D eigenvalue weighted by Crippen LogP contribution is 2.29. The first-order valence-corrected chi connectivity index (χ1v) is 15.9. The van der Waals surface area contributed by atoms with Crippen LogP contribution in [-0.4, -0.2) is 102 Å². The number of amides is 3. The van der Waals surface area contributed by atoms with E-state index in [-0.39, 0.29) is 44.0 Å². The Kier molecular flexibility index (Phi) is 8.29. The lowest BCUT2D eigenvalue weighted by atomic mass is 10.1. The SMILES string of the molecule is Cc1ccc2cc1Oc1cccc(c1)CO[C@H]1CN(C(=O)c3ccc4c(c3)nc(N3CCOCC3)n4C)C[C@@H]1NC(=O)CN(C)C2=O. The number of hydrogen-bond acceptors (Lipinski definition) is 8. The van der Waals surface area contributed by atoms with E-state index in [2.05, 4.69) is 10.2 Å². The summed E-state index contributed by atoms with van der Waals surface area (Å²) in [7, 11) is 3.57. The van der Waals surface area contributed by atoms with E-state index >= 15 is 0 Å². The van der Waals surface area contributed by atoms with Crippen molar-refractivity contribution < 1.29 is 28.6 Å². The molecule has 12 heteroatoms. The van der Waals surface area contributed by atoms with E-state index in [0.29, 0.717) is 35.8 Å². The molecule has 2 atom stereocenters. The van der Waals surface area contributed by atoms with Crippen molar-refractivity contribution in [2.24, 2.45) is 7.05 Å². The average molecular weight is 639 g/mol. The number of carbonyl (C=O) groups is 3. The van der Waals surface area contributed by atoms with E-state index in [1.54, 1.807) is 24.1 Å². The molecule has 3 aliphatic heterocycles. The molecule has 2 saturated heterocycles. The minimum absolute atomic E-state index is 0.152. The van der Waals surface area contributed by atoms with Gasteiger partial charge in [0.25, 0.3) is 11.8 Å². The first kappa shape index (κ1) is 30.7. The van der Waals surface area contributed by atoms with Crippen LogP contribution in [-0.2, 0) is 27.9 Å². The van der Waals surface area contributed by atoms with Gasteiger partial charge in [-0.15, -0.1) is 0 Å². The molecule has 2 fully saturated rings. The van der Waals surface area contributed by atoms with Crippen molar-refractivity contribution in [2.75, 3.05) is 57.9 Å². The maximum atomic E-state index is 13.9. The number of hydrogen-bond donors (Lipinski definition) is 1. The summed E-state index contributed by atoms with van der Waals surface area (Å²) in [5.74, 6) is 1.22. The number of aryl methyl sites for hydroxylation is 2. The summed E-state index contributed by atoms with van der Waals surface area (Å²) in [6, 6.07) is 17.9. The molecule has 4 heterocycles. The molecular weight excluding hydrogens is 600 g/mol. The lowest BCUT2D eigenvalue weighted by molar-refractivity contribution is -0.123. The van der Waals surface area contributed by atoms with Crippen molar-refractivity contribution in [1.82, 2.24) is 24.7 Å². The number of ether oxygens (including phenoxy) is 3. The second kappa shape index (κ2) is 12.7. The average Bonchev–Trinajstić information content (AvgIpc) is 3.63. The zero-order valence-corrected chi connectivity index (χ0v) is 26.8. The number of morpholine rings is 1. The Hall–Kier alpha value is -4.94. The number of carbonyl (C=O) groups excluding carboxylic acids is 3. The van der Waals surface area contributed by atoms with Gasteiger partial charge in [0, 0.05) is 51.4 Å². The molecule has 1 aromatic heterocycles. The van der Waals surface area contributed by atoms with Gasteiger partial charge in [-0.1, -0.05) is 18.2 Å². The Balaban J connectivity index is 1.13. The molecule has 4 bridgehead atoms. The minimum Gasteiger partial charge on any atom is -0.457 e. The zero-order chi connectivity index (χ0) is 32.7. The summed E-state index contributed by atoms with van der Waals surface area (Å²) in [6.07, 6.45) is -0.470. The van der Waals surface area contributed by atoms with E-state index in [9.17, 15) is 14.4 Å². The number of anilines is 1. The Morgan fingerprint density at radius 3 is 2.64 bits per heavy atom. The van der Waals surface area contributed by atoms with Crippen LogP contribution in [0.5, 0.6) is 11.5 Å². The number of fused-ring (bicyclic) bond motifs is 6. The summed E-state index contributed by atoms with van der Waals surface area (Å²) in [5, 5.41) is 3.04. The summed E-state index contributed by atoms with van der Waals surface area (Å²) < 4.78 is 20.1. The predicted molar refractivity (Wildman–Crippen MR) is 175 cm³/mol. The molecule has 244 valence electrons. The zero-order valence-electron chi connectivity index (χ0n) is 26.8. The van der Waals surface area contributed by atoms with E-state index < -0.39 is 12.1 Å². The standard InChI is InChI=1S/C35H38N6O6/c1-22-7-8-25-17-30(22)47-26-6-4-5-23(15-26)21-46-31-19-41(18-28(31)36-32(42)20-38(2)33(25)43)34(44)24-9-10-29-27(16-24)37-35(39(29)3)40-11-13-45-14-12-40/h4-10,15-17,28,31H,11-14,18-21H2,1-3H3,(H,36,42)/t28-,31-/m0/s1. The van der Waals surface area contributed by atoms with E-state index in [4.69, 9.17) is 19.2 Å². The predicted octanol–water partition coefficient (Wildman–Crippen LogP) is 3.12. The van der Waals surface area contributed by atoms with Crippen molar-refractivity contribution in [1.29, 1.82) is 0 Å². The molecule has 0 spiro atoms. The highest BCUT2D eigenvalue weighted by molar-refractivity contribution is 5.98. The fraction of sp³-hybridized carbons (Fsp3) is 0.371. The van der Waals surface area contributed by atoms with Crippen LogP contribution in [0.1, 0.15) is 31.8 Å². The van der Waals surface area contributed by atoms with Crippen LogP contribution in [0, 0.1) is 6.92 Å². The second-order valence-electron chi connectivity index (χ2n) is 12.4. The van der Waals surface area contributed by atoms with Crippen LogP contribution in [0.3, 0.4) is 0 Å².